The van der Waals surface area contributed by atoms with E-state index in [1.54, 1.807) is 17.4 Å². The number of aryl methyl sites for hydroxylation is 1. The summed E-state index contributed by atoms with van der Waals surface area (Å²) in [5.41, 5.74) is 1.33. The first-order valence-corrected chi connectivity index (χ1v) is 6.41. The topological polar surface area (TPSA) is 73.6 Å². The Labute approximate surface area is 110 Å². The van der Waals surface area contributed by atoms with E-state index in [0.29, 0.717) is 5.82 Å². The molecule has 0 spiro atoms. The number of nitrogens with one attached hydrogen (secondary N) is 2. The molecule has 2 N–H and O–H groups in total. The Morgan fingerprint density at radius 2 is 2.22 bits per heavy atom. The lowest BCUT2D eigenvalue weighted by Gasteiger charge is -2.05. The Balaban J connectivity index is 1.89. The van der Waals surface area contributed by atoms with Crippen molar-refractivity contribution in [1.29, 1.82) is 5.26 Å². The highest BCUT2D eigenvalue weighted by Crippen LogP contribution is 2.16. The van der Waals surface area contributed by atoms with Crippen molar-refractivity contribution in [1.82, 2.24) is 9.97 Å². The molecule has 0 aliphatic rings. The molecule has 0 fully saturated rings. The van der Waals surface area contributed by atoms with Crippen molar-refractivity contribution >= 4 is 23.0 Å². The summed E-state index contributed by atoms with van der Waals surface area (Å²) in [6.07, 6.45) is 4.23. The van der Waals surface area contributed by atoms with Crippen LogP contribution in [-0.4, -0.2) is 16.5 Å². The van der Waals surface area contributed by atoms with E-state index >= 15 is 0 Å². The van der Waals surface area contributed by atoms with Gasteiger partial charge in [0.25, 0.3) is 0 Å². The Morgan fingerprint density at radius 1 is 1.39 bits per heavy atom. The first-order valence-electron chi connectivity index (χ1n) is 5.53. The maximum atomic E-state index is 8.50. The molecule has 0 aliphatic carbocycles. The molecule has 6 heteroatoms. The van der Waals surface area contributed by atoms with Crippen LogP contribution in [-0.2, 0) is 6.42 Å². The summed E-state index contributed by atoms with van der Waals surface area (Å²) < 4.78 is 0. The third-order valence-electron chi connectivity index (χ3n) is 2.48. The molecule has 2 aromatic rings. The normalized spacial score (nSPS) is 9.78. The number of rotatable bonds is 5. The minimum Gasteiger partial charge on any atom is -0.370 e. The first-order chi connectivity index (χ1) is 8.79. The standard InChI is InChI=1S/C12H13N5S/c1-9-3-5-18-10(9)2-4-14-11-6-12(15-7-13)17-8-16-11/h3,5-6,8H,2,4H2,1H3,(H2,14,15,16,17). The van der Waals surface area contributed by atoms with Gasteiger partial charge in [-0.25, -0.2) is 9.97 Å². The highest BCUT2D eigenvalue weighted by atomic mass is 32.1. The summed E-state index contributed by atoms with van der Waals surface area (Å²) in [6.45, 7) is 2.93. The Bertz CT molecular complexity index is 558. The molecule has 0 bridgehead atoms. The van der Waals surface area contributed by atoms with E-state index < -0.39 is 0 Å². The highest BCUT2D eigenvalue weighted by Gasteiger charge is 2.01. The molecule has 0 aromatic carbocycles. The lowest BCUT2D eigenvalue weighted by atomic mass is 10.2. The van der Waals surface area contributed by atoms with E-state index in [0.717, 1.165) is 18.8 Å². The van der Waals surface area contributed by atoms with Gasteiger partial charge in [-0.15, -0.1) is 11.3 Å². The number of aromatic nitrogens is 2. The molecule has 5 nitrogen and oxygen atoms in total. The van der Waals surface area contributed by atoms with Gasteiger partial charge in [0.1, 0.15) is 18.0 Å². The van der Waals surface area contributed by atoms with Gasteiger partial charge in [0, 0.05) is 17.5 Å². The molecule has 0 atom stereocenters. The number of hydrogen-bond donors (Lipinski definition) is 2. The minimum absolute atomic E-state index is 0.502. The minimum atomic E-state index is 0.502. The molecule has 0 saturated carbocycles. The van der Waals surface area contributed by atoms with Crippen LogP contribution in [0, 0.1) is 18.4 Å². The molecule has 2 heterocycles. The van der Waals surface area contributed by atoms with E-state index in [4.69, 9.17) is 5.26 Å². The van der Waals surface area contributed by atoms with Gasteiger partial charge < -0.3 is 5.32 Å². The van der Waals surface area contributed by atoms with Crippen molar-refractivity contribution in [2.24, 2.45) is 0 Å². The first kappa shape index (κ1) is 12.3. The van der Waals surface area contributed by atoms with Crippen LogP contribution in [0.25, 0.3) is 0 Å². The summed E-state index contributed by atoms with van der Waals surface area (Å²) in [7, 11) is 0. The quantitative estimate of drug-likeness (QED) is 0.637. The van der Waals surface area contributed by atoms with Crippen LogP contribution in [0.5, 0.6) is 0 Å². The highest BCUT2D eigenvalue weighted by molar-refractivity contribution is 7.10. The van der Waals surface area contributed by atoms with Crippen LogP contribution in [0.3, 0.4) is 0 Å². The smallest absolute Gasteiger partial charge is 0.182 e. The lowest BCUT2D eigenvalue weighted by Crippen LogP contribution is -2.06. The molecule has 92 valence electrons. The molecule has 0 unspecified atom stereocenters. The zero-order valence-electron chi connectivity index (χ0n) is 9.97. The van der Waals surface area contributed by atoms with Gasteiger partial charge in [-0.1, -0.05) is 0 Å². The van der Waals surface area contributed by atoms with Gasteiger partial charge in [0.2, 0.25) is 0 Å². The Hall–Kier alpha value is -2.13. The van der Waals surface area contributed by atoms with Crippen LogP contribution in [0.4, 0.5) is 11.6 Å². The molecule has 2 rings (SSSR count). The molecular weight excluding hydrogens is 246 g/mol. The third-order valence-corrected chi connectivity index (χ3v) is 3.56. The monoisotopic (exact) mass is 259 g/mol. The Morgan fingerprint density at radius 3 is 2.94 bits per heavy atom. The summed E-state index contributed by atoms with van der Waals surface area (Å²) in [5.74, 6) is 1.22. The third kappa shape index (κ3) is 3.18. The maximum Gasteiger partial charge on any atom is 0.182 e. The van der Waals surface area contributed by atoms with Gasteiger partial charge in [-0.05, 0) is 30.4 Å². The molecule has 18 heavy (non-hydrogen) atoms. The van der Waals surface area contributed by atoms with Crippen LogP contribution in [0.1, 0.15) is 10.4 Å². The van der Waals surface area contributed by atoms with E-state index in [1.807, 2.05) is 6.19 Å². The predicted molar refractivity (Wildman–Crippen MR) is 72.5 cm³/mol. The summed E-state index contributed by atoms with van der Waals surface area (Å²) in [6, 6.07) is 3.84. The fourth-order valence-electron chi connectivity index (χ4n) is 1.54. The van der Waals surface area contributed by atoms with Crippen molar-refractivity contribution in [3.63, 3.8) is 0 Å². The molecule has 0 radical (unpaired) electrons. The van der Waals surface area contributed by atoms with E-state index in [2.05, 4.69) is 39.0 Å². The van der Waals surface area contributed by atoms with Gasteiger partial charge in [0.15, 0.2) is 6.19 Å². The van der Waals surface area contributed by atoms with E-state index in [1.165, 1.54) is 16.8 Å². The van der Waals surface area contributed by atoms with Crippen molar-refractivity contribution in [3.05, 3.63) is 34.3 Å². The summed E-state index contributed by atoms with van der Waals surface area (Å²) in [5, 5.41) is 16.3. The Kier molecular flexibility index (Phi) is 4.10. The number of hydrogen-bond acceptors (Lipinski definition) is 6. The molecule has 0 aliphatic heterocycles. The number of nitriles is 1. The van der Waals surface area contributed by atoms with E-state index in [9.17, 15) is 0 Å². The predicted octanol–water partition coefficient (Wildman–Crippen LogP) is 2.39. The molecule has 2 aromatic heterocycles. The molecular formula is C12H13N5S. The number of nitrogens with zero attached hydrogens (tertiary/aromatic N) is 3. The second-order valence-electron chi connectivity index (χ2n) is 3.73. The van der Waals surface area contributed by atoms with Gasteiger partial charge >= 0.3 is 0 Å². The lowest BCUT2D eigenvalue weighted by molar-refractivity contribution is 1.01. The zero-order chi connectivity index (χ0) is 12.8. The average molecular weight is 259 g/mol. The maximum absolute atomic E-state index is 8.50. The van der Waals surface area contributed by atoms with Crippen molar-refractivity contribution < 1.29 is 0 Å². The fourth-order valence-corrected chi connectivity index (χ4v) is 2.45. The molecule has 0 saturated heterocycles. The molecule has 0 amide bonds. The zero-order valence-corrected chi connectivity index (χ0v) is 10.8. The fraction of sp³-hybridized carbons (Fsp3) is 0.250. The van der Waals surface area contributed by atoms with Crippen molar-refractivity contribution in [3.8, 4) is 6.19 Å². The number of thiophene rings is 1. The second kappa shape index (κ2) is 5.98. The van der Waals surface area contributed by atoms with Crippen molar-refractivity contribution in [2.75, 3.05) is 17.2 Å². The van der Waals surface area contributed by atoms with Crippen LogP contribution >= 0.6 is 11.3 Å². The summed E-state index contributed by atoms with van der Waals surface area (Å²) in [4.78, 5) is 9.39. The average Bonchev–Trinajstić information content (AvgIpc) is 2.76. The van der Waals surface area contributed by atoms with Gasteiger partial charge in [-0.2, -0.15) is 5.26 Å². The SMILES string of the molecule is Cc1ccsc1CCNc1cc(NC#N)ncn1. The largest absolute Gasteiger partial charge is 0.370 e. The van der Waals surface area contributed by atoms with Crippen LogP contribution < -0.4 is 10.6 Å². The second-order valence-corrected chi connectivity index (χ2v) is 4.73. The van der Waals surface area contributed by atoms with Gasteiger partial charge in [-0.3, -0.25) is 5.32 Å². The van der Waals surface area contributed by atoms with Crippen molar-refractivity contribution in [2.45, 2.75) is 13.3 Å². The van der Waals surface area contributed by atoms with E-state index in [-0.39, 0.29) is 0 Å². The van der Waals surface area contributed by atoms with Gasteiger partial charge in [0.05, 0.1) is 0 Å². The van der Waals surface area contributed by atoms with Crippen LogP contribution in [0.2, 0.25) is 0 Å². The number of anilines is 2. The summed E-state index contributed by atoms with van der Waals surface area (Å²) >= 11 is 1.77. The van der Waals surface area contributed by atoms with Crippen LogP contribution in [0.15, 0.2) is 23.8 Å².